The number of nitrogens with zero attached hydrogens (tertiary/aromatic N) is 1. The molecule has 0 aromatic carbocycles. The molecule has 19 heavy (non-hydrogen) atoms. The lowest BCUT2D eigenvalue weighted by atomic mass is 10.0. The number of aryl methyl sites for hydroxylation is 1. The highest BCUT2D eigenvalue weighted by Gasteiger charge is 2.35. The Hall–Kier alpha value is -0.920. The fraction of sp³-hybridized carbons (Fsp3) is 0.750. The highest BCUT2D eigenvalue weighted by molar-refractivity contribution is 7.89. The lowest BCUT2D eigenvalue weighted by molar-refractivity contribution is 0.426. The molecule has 0 aliphatic heterocycles. The Morgan fingerprint density at radius 1 is 1.37 bits per heavy atom. The van der Waals surface area contributed by atoms with Crippen molar-refractivity contribution in [3.63, 3.8) is 0 Å². The third-order valence-corrected chi connectivity index (χ3v) is 5.34. The van der Waals surface area contributed by atoms with Gasteiger partial charge in [-0.3, -0.25) is 5.10 Å². The summed E-state index contributed by atoms with van der Waals surface area (Å²) >= 11 is 0. The van der Waals surface area contributed by atoms with E-state index in [1.165, 1.54) is 0 Å². The van der Waals surface area contributed by atoms with Gasteiger partial charge in [-0.25, -0.2) is 13.1 Å². The molecule has 3 N–H and O–H groups in total. The molecule has 0 radical (unpaired) electrons. The van der Waals surface area contributed by atoms with Gasteiger partial charge in [-0.2, -0.15) is 5.10 Å². The molecule has 1 aromatic rings. The van der Waals surface area contributed by atoms with Gasteiger partial charge in [0.25, 0.3) is 10.0 Å². The fourth-order valence-electron chi connectivity index (χ4n) is 2.67. The number of aromatic nitrogens is 2. The van der Waals surface area contributed by atoms with Crippen molar-refractivity contribution < 1.29 is 8.42 Å². The minimum Gasteiger partial charge on any atom is -0.316 e. The maximum absolute atomic E-state index is 12.5. The lowest BCUT2D eigenvalue weighted by Gasteiger charge is -2.24. The summed E-state index contributed by atoms with van der Waals surface area (Å²) < 4.78 is 27.8. The standard InChI is InChI=1S/C12H22N4O2S/c1-9-10(8-13-3)11(15-14-9)19(17,18)16-12(2)6-4-5-7-12/h13,16H,4-8H2,1-3H3,(H,14,15). The minimum atomic E-state index is -3.57. The molecular formula is C12H22N4O2S. The maximum Gasteiger partial charge on any atom is 0.260 e. The molecule has 1 aliphatic carbocycles. The molecule has 0 saturated heterocycles. The SMILES string of the molecule is CNCc1c(S(=O)(=O)NC2(C)CCCC2)n[nH]c1C. The van der Waals surface area contributed by atoms with Crippen LogP contribution in [0.4, 0.5) is 0 Å². The Kier molecular flexibility index (Phi) is 3.98. The van der Waals surface area contributed by atoms with Crippen LogP contribution in [0.1, 0.15) is 43.9 Å². The first kappa shape index (κ1) is 14.5. The average molecular weight is 286 g/mol. The second kappa shape index (κ2) is 5.22. The van der Waals surface area contributed by atoms with Gasteiger partial charge in [0.1, 0.15) is 0 Å². The molecule has 0 bridgehead atoms. The molecule has 0 atom stereocenters. The molecule has 6 nitrogen and oxygen atoms in total. The Labute approximate surface area is 114 Å². The van der Waals surface area contributed by atoms with Crippen molar-refractivity contribution in [2.24, 2.45) is 0 Å². The lowest BCUT2D eigenvalue weighted by Crippen LogP contribution is -2.43. The van der Waals surface area contributed by atoms with Crippen LogP contribution in [0.2, 0.25) is 0 Å². The van der Waals surface area contributed by atoms with Crippen LogP contribution in [0.5, 0.6) is 0 Å². The van der Waals surface area contributed by atoms with Gasteiger partial charge in [0.2, 0.25) is 0 Å². The zero-order valence-electron chi connectivity index (χ0n) is 11.7. The van der Waals surface area contributed by atoms with Crippen LogP contribution in [0, 0.1) is 6.92 Å². The highest BCUT2D eigenvalue weighted by atomic mass is 32.2. The molecule has 1 heterocycles. The number of aromatic amines is 1. The van der Waals surface area contributed by atoms with Crippen LogP contribution in [-0.4, -0.2) is 31.2 Å². The average Bonchev–Trinajstić information content (AvgIpc) is 2.87. The van der Waals surface area contributed by atoms with Gasteiger partial charge in [0.15, 0.2) is 5.03 Å². The first-order valence-corrected chi connectivity index (χ1v) is 8.09. The van der Waals surface area contributed by atoms with E-state index in [-0.39, 0.29) is 10.6 Å². The number of nitrogens with one attached hydrogen (secondary N) is 3. The van der Waals surface area contributed by atoms with Crippen molar-refractivity contribution in [2.75, 3.05) is 7.05 Å². The largest absolute Gasteiger partial charge is 0.316 e. The van der Waals surface area contributed by atoms with E-state index in [9.17, 15) is 8.42 Å². The third-order valence-electron chi connectivity index (χ3n) is 3.73. The molecule has 108 valence electrons. The van der Waals surface area contributed by atoms with Crippen LogP contribution in [0.15, 0.2) is 5.03 Å². The summed E-state index contributed by atoms with van der Waals surface area (Å²) in [6, 6.07) is 0. The number of H-pyrrole nitrogens is 1. The smallest absolute Gasteiger partial charge is 0.260 e. The van der Waals surface area contributed by atoms with Gasteiger partial charge in [-0.15, -0.1) is 0 Å². The Bertz CT molecular complexity index is 544. The minimum absolute atomic E-state index is 0.118. The highest BCUT2D eigenvalue weighted by Crippen LogP contribution is 2.31. The molecule has 1 aliphatic rings. The van der Waals surface area contributed by atoms with E-state index in [4.69, 9.17) is 0 Å². The molecule has 0 unspecified atom stereocenters. The molecule has 0 spiro atoms. The van der Waals surface area contributed by atoms with Gasteiger partial charge in [-0.05, 0) is 33.7 Å². The van der Waals surface area contributed by atoms with Gasteiger partial charge in [0.05, 0.1) is 0 Å². The van der Waals surface area contributed by atoms with Gasteiger partial charge >= 0.3 is 0 Å². The molecule has 1 fully saturated rings. The maximum atomic E-state index is 12.5. The van der Waals surface area contributed by atoms with Crippen LogP contribution in [0.3, 0.4) is 0 Å². The predicted molar refractivity (Wildman–Crippen MR) is 73.3 cm³/mol. The Morgan fingerprint density at radius 3 is 2.58 bits per heavy atom. The van der Waals surface area contributed by atoms with Gasteiger partial charge in [-0.1, -0.05) is 12.8 Å². The predicted octanol–water partition coefficient (Wildman–Crippen LogP) is 1.05. The van der Waals surface area contributed by atoms with E-state index in [2.05, 4.69) is 20.2 Å². The topological polar surface area (TPSA) is 86.9 Å². The first-order valence-electron chi connectivity index (χ1n) is 6.60. The van der Waals surface area contributed by atoms with Crippen molar-refractivity contribution in [2.45, 2.75) is 56.6 Å². The zero-order chi connectivity index (χ0) is 14.1. The van der Waals surface area contributed by atoms with E-state index in [1.54, 1.807) is 7.05 Å². The molecule has 1 saturated carbocycles. The van der Waals surface area contributed by atoms with E-state index in [0.717, 1.165) is 31.4 Å². The monoisotopic (exact) mass is 286 g/mol. The summed E-state index contributed by atoms with van der Waals surface area (Å²) in [4.78, 5) is 0. The second-order valence-corrected chi connectivity index (χ2v) is 7.13. The number of sulfonamides is 1. The summed E-state index contributed by atoms with van der Waals surface area (Å²) in [5.74, 6) is 0. The fourth-order valence-corrected chi connectivity index (χ4v) is 4.33. The summed E-state index contributed by atoms with van der Waals surface area (Å²) in [6.07, 6.45) is 3.91. The summed E-state index contributed by atoms with van der Waals surface area (Å²) in [6.45, 7) is 4.28. The molecule has 0 amide bonds. The van der Waals surface area contributed by atoms with Crippen molar-refractivity contribution in [3.05, 3.63) is 11.3 Å². The molecule has 1 aromatic heterocycles. The normalized spacial score (nSPS) is 18.9. The number of rotatable bonds is 5. The Balaban J connectivity index is 2.29. The van der Waals surface area contributed by atoms with Crippen LogP contribution >= 0.6 is 0 Å². The van der Waals surface area contributed by atoms with Gasteiger partial charge < -0.3 is 5.32 Å². The second-order valence-electron chi connectivity index (χ2n) is 5.54. The van der Waals surface area contributed by atoms with Crippen molar-refractivity contribution in [3.8, 4) is 0 Å². The first-order chi connectivity index (χ1) is 8.88. The zero-order valence-corrected chi connectivity index (χ0v) is 12.5. The number of hydrogen-bond acceptors (Lipinski definition) is 4. The summed E-state index contributed by atoms with van der Waals surface area (Å²) in [7, 11) is -1.78. The van der Waals surface area contributed by atoms with Crippen molar-refractivity contribution >= 4 is 10.0 Å². The molecule has 2 rings (SSSR count). The van der Waals surface area contributed by atoms with Crippen molar-refractivity contribution in [1.82, 2.24) is 20.2 Å². The van der Waals surface area contributed by atoms with E-state index in [1.807, 2.05) is 13.8 Å². The van der Waals surface area contributed by atoms with Crippen molar-refractivity contribution in [1.29, 1.82) is 0 Å². The molecular weight excluding hydrogens is 264 g/mol. The van der Waals surface area contributed by atoms with Gasteiger partial charge in [0, 0.05) is 23.3 Å². The van der Waals surface area contributed by atoms with E-state index >= 15 is 0 Å². The number of hydrogen-bond donors (Lipinski definition) is 3. The van der Waals surface area contributed by atoms with Crippen LogP contribution in [0.25, 0.3) is 0 Å². The van der Waals surface area contributed by atoms with E-state index < -0.39 is 10.0 Å². The quantitative estimate of drug-likeness (QED) is 0.755. The van der Waals surface area contributed by atoms with E-state index in [0.29, 0.717) is 12.1 Å². The Morgan fingerprint density at radius 2 is 2.00 bits per heavy atom. The summed E-state index contributed by atoms with van der Waals surface area (Å²) in [5, 5.41) is 9.81. The van der Waals surface area contributed by atoms with Crippen LogP contribution < -0.4 is 10.0 Å². The van der Waals surface area contributed by atoms with Crippen LogP contribution in [-0.2, 0) is 16.6 Å². The third kappa shape index (κ3) is 2.98. The summed E-state index contributed by atoms with van der Waals surface area (Å²) in [5.41, 5.74) is 1.16. The molecule has 7 heteroatoms.